The summed E-state index contributed by atoms with van der Waals surface area (Å²) in [6.45, 7) is 7.46. The van der Waals surface area contributed by atoms with E-state index in [-0.39, 0.29) is 6.04 Å². The first-order valence-electron chi connectivity index (χ1n) is 7.19. The average molecular weight is 313 g/mol. The zero-order valence-corrected chi connectivity index (χ0v) is 13.6. The number of hydroxylamine groups is 1. The maximum absolute atomic E-state index is 12.3. The lowest BCUT2D eigenvalue weighted by Crippen LogP contribution is -2.45. The first-order chi connectivity index (χ1) is 10.2. The lowest BCUT2D eigenvalue weighted by Gasteiger charge is -2.27. The predicted molar refractivity (Wildman–Crippen MR) is 77.0 cm³/mol. The maximum Gasteiger partial charge on any atom is 0.411 e. The van der Waals surface area contributed by atoms with Gasteiger partial charge in [0.15, 0.2) is 0 Å². The van der Waals surface area contributed by atoms with Crippen molar-refractivity contribution in [1.82, 2.24) is 15.5 Å². The molecular formula is C14H23N3O5. The smallest absolute Gasteiger partial charge is 0.411 e. The molecule has 0 aromatic heterocycles. The Balaban J connectivity index is 2.08. The van der Waals surface area contributed by atoms with Crippen molar-refractivity contribution in [2.24, 2.45) is 0 Å². The summed E-state index contributed by atoms with van der Waals surface area (Å²) in [4.78, 5) is 31.2. The van der Waals surface area contributed by atoms with Crippen LogP contribution in [0.2, 0.25) is 0 Å². The van der Waals surface area contributed by atoms with Crippen LogP contribution in [0.4, 0.5) is 4.79 Å². The molecule has 2 atom stereocenters. The third-order valence-corrected chi connectivity index (χ3v) is 3.35. The molecule has 0 radical (unpaired) electrons. The van der Waals surface area contributed by atoms with E-state index in [1.54, 1.807) is 27.0 Å². The van der Waals surface area contributed by atoms with E-state index in [0.29, 0.717) is 18.7 Å². The number of hydrazine groups is 1. The number of methoxy groups -OCH3 is 1. The molecule has 2 aliphatic rings. The summed E-state index contributed by atoms with van der Waals surface area (Å²) in [6.07, 6.45) is 1.58. The highest BCUT2D eigenvalue weighted by atomic mass is 16.7. The van der Waals surface area contributed by atoms with E-state index in [1.807, 2.05) is 6.92 Å². The topological polar surface area (TPSA) is 80.3 Å². The fourth-order valence-corrected chi connectivity index (χ4v) is 2.41. The number of ether oxygens (including phenoxy) is 2. The van der Waals surface area contributed by atoms with E-state index >= 15 is 0 Å². The second-order valence-corrected chi connectivity index (χ2v) is 6.36. The lowest BCUT2D eigenvalue weighted by atomic mass is 10.2. The minimum Gasteiger partial charge on any atom is -0.467 e. The van der Waals surface area contributed by atoms with Crippen LogP contribution in [-0.2, 0) is 19.1 Å². The van der Waals surface area contributed by atoms with Crippen LogP contribution >= 0.6 is 0 Å². The minimum absolute atomic E-state index is 0.176. The number of rotatable bonds is 2. The number of nitrogens with one attached hydrogen (secondary N) is 1. The maximum atomic E-state index is 12.3. The number of esters is 1. The van der Waals surface area contributed by atoms with Gasteiger partial charge in [0, 0.05) is 13.0 Å². The summed E-state index contributed by atoms with van der Waals surface area (Å²) < 4.78 is 10.2. The summed E-state index contributed by atoms with van der Waals surface area (Å²) in [5.74, 6) is 0.252. The van der Waals surface area contributed by atoms with Crippen LogP contribution in [-0.4, -0.2) is 53.5 Å². The lowest BCUT2D eigenvalue weighted by molar-refractivity contribution is -0.155. The fraction of sp³-hybridized carbons (Fsp3) is 0.714. The number of carbonyl (C=O) groups is 2. The molecule has 124 valence electrons. The summed E-state index contributed by atoms with van der Waals surface area (Å²) in [5.41, 5.74) is 2.32. The minimum atomic E-state index is -0.684. The van der Waals surface area contributed by atoms with Crippen molar-refractivity contribution >= 4 is 12.1 Å². The molecule has 0 aromatic carbocycles. The molecule has 1 N–H and O–H groups in total. The van der Waals surface area contributed by atoms with Crippen molar-refractivity contribution in [1.29, 1.82) is 0 Å². The quantitative estimate of drug-likeness (QED) is 0.766. The zero-order valence-electron chi connectivity index (χ0n) is 13.6. The number of hydrogen-bond acceptors (Lipinski definition) is 7. The zero-order chi connectivity index (χ0) is 16.5. The van der Waals surface area contributed by atoms with Gasteiger partial charge in [-0.15, -0.1) is 0 Å². The van der Waals surface area contributed by atoms with Gasteiger partial charge in [-0.1, -0.05) is 5.17 Å². The Bertz CT molecular complexity index is 485. The molecule has 0 unspecified atom stereocenters. The molecule has 1 saturated heterocycles. The Morgan fingerprint density at radius 1 is 1.41 bits per heavy atom. The normalized spacial score (nSPS) is 25.3. The van der Waals surface area contributed by atoms with Gasteiger partial charge in [-0.3, -0.25) is 10.3 Å². The van der Waals surface area contributed by atoms with Crippen LogP contribution in [0.15, 0.2) is 12.0 Å². The highest BCUT2D eigenvalue weighted by Gasteiger charge is 2.45. The van der Waals surface area contributed by atoms with E-state index in [9.17, 15) is 9.59 Å². The number of hydrogen-bond donors (Lipinski definition) is 1. The molecule has 0 saturated carbocycles. The summed E-state index contributed by atoms with van der Waals surface area (Å²) >= 11 is 0. The standard InChI is InChI=1S/C14H23N3O5/c1-9-7-15-17(22-9)10-6-11(12(18)20-5)16(8-10)13(19)21-14(2,3)4/h7,10-11,15H,6,8H2,1-5H3/t10-,11-/m0/s1. The molecule has 1 amide bonds. The van der Waals surface area contributed by atoms with Crippen molar-refractivity contribution in [3.63, 3.8) is 0 Å². The van der Waals surface area contributed by atoms with Gasteiger partial charge in [0.05, 0.1) is 19.4 Å². The second-order valence-electron chi connectivity index (χ2n) is 6.36. The molecule has 0 bridgehead atoms. The molecule has 2 rings (SSSR count). The molecule has 0 aliphatic carbocycles. The summed E-state index contributed by atoms with van der Waals surface area (Å²) in [5, 5.41) is 1.54. The number of carbonyl (C=O) groups excluding carboxylic acids is 2. The first kappa shape index (κ1) is 16.4. The van der Waals surface area contributed by atoms with Crippen LogP contribution in [0, 0.1) is 0 Å². The van der Waals surface area contributed by atoms with E-state index in [2.05, 4.69) is 5.43 Å². The highest BCUT2D eigenvalue weighted by Crippen LogP contribution is 2.26. The molecule has 0 aromatic rings. The van der Waals surface area contributed by atoms with Crippen LogP contribution in [0.3, 0.4) is 0 Å². The third-order valence-electron chi connectivity index (χ3n) is 3.35. The predicted octanol–water partition coefficient (Wildman–Crippen LogP) is 1.15. The Morgan fingerprint density at radius 2 is 2.09 bits per heavy atom. The van der Waals surface area contributed by atoms with Crippen LogP contribution in [0.5, 0.6) is 0 Å². The number of allylic oxidation sites excluding steroid dienone is 1. The van der Waals surface area contributed by atoms with Crippen molar-refractivity contribution in [2.75, 3.05) is 13.7 Å². The molecule has 22 heavy (non-hydrogen) atoms. The van der Waals surface area contributed by atoms with Gasteiger partial charge in [0.1, 0.15) is 17.4 Å². The van der Waals surface area contributed by atoms with Gasteiger partial charge in [0.25, 0.3) is 0 Å². The van der Waals surface area contributed by atoms with Crippen molar-refractivity contribution in [3.05, 3.63) is 12.0 Å². The monoisotopic (exact) mass is 313 g/mol. The van der Waals surface area contributed by atoms with Crippen LogP contribution in [0.25, 0.3) is 0 Å². The second kappa shape index (κ2) is 6.04. The van der Waals surface area contributed by atoms with E-state index in [4.69, 9.17) is 14.3 Å². The molecule has 8 heteroatoms. The van der Waals surface area contributed by atoms with Gasteiger partial charge in [-0.2, -0.15) is 0 Å². The first-order valence-corrected chi connectivity index (χ1v) is 7.19. The Labute approximate surface area is 129 Å². The summed E-state index contributed by atoms with van der Waals surface area (Å²) in [6, 6.07) is -0.860. The summed E-state index contributed by atoms with van der Waals surface area (Å²) in [7, 11) is 1.30. The molecule has 2 aliphatic heterocycles. The number of likely N-dealkylation sites (tertiary alicyclic amines) is 1. The van der Waals surface area contributed by atoms with Crippen LogP contribution < -0.4 is 5.43 Å². The highest BCUT2D eigenvalue weighted by molar-refractivity contribution is 5.82. The Kier molecular flexibility index (Phi) is 4.50. The van der Waals surface area contributed by atoms with Gasteiger partial charge < -0.3 is 14.3 Å². The third kappa shape index (κ3) is 3.62. The number of nitrogens with zero attached hydrogens (tertiary/aromatic N) is 2. The largest absolute Gasteiger partial charge is 0.467 e. The Hall–Kier alpha value is -1.96. The molecule has 0 spiro atoms. The van der Waals surface area contributed by atoms with E-state index in [0.717, 1.165) is 0 Å². The van der Waals surface area contributed by atoms with E-state index < -0.39 is 23.7 Å². The van der Waals surface area contributed by atoms with Crippen molar-refractivity contribution < 1.29 is 23.9 Å². The Morgan fingerprint density at radius 3 is 2.59 bits per heavy atom. The SMILES string of the molecule is COC(=O)[C@@H]1C[C@H](N2NC=C(C)O2)CN1C(=O)OC(C)(C)C. The van der Waals surface area contributed by atoms with E-state index in [1.165, 1.54) is 17.2 Å². The fourth-order valence-electron chi connectivity index (χ4n) is 2.41. The van der Waals surface area contributed by atoms with Gasteiger partial charge in [-0.05, 0) is 27.7 Å². The van der Waals surface area contributed by atoms with Crippen molar-refractivity contribution in [2.45, 2.75) is 51.8 Å². The number of amides is 1. The van der Waals surface area contributed by atoms with Gasteiger partial charge >= 0.3 is 12.1 Å². The molecule has 2 heterocycles. The molecule has 1 fully saturated rings. The molecule has 8 nitrogen and oxygen atoms in total. The van der Waals surface area contributed by atoms with Crippen LogP contribution in [0.1, 0.15) is 34.1 Å². The van der Waals surface area contributed by atoms with Crippen molar-refractivity contribution in [3.8, 4) is 0 Å². The van der Waals surface area contributed by atoms with Gasteiger partial charge in [0.2, 0.25) is 0 Å². The molecular weight excluding hydrogens is 290 g/mol. The average Bonchev–Trinajstić information content (AvgIpc) is 3.01. The van der Waals surface area contributed by atoms with Gasteiger partial charge in [-0.25, -0.2) is 9.59 Å².